The van der Waals surface area contributed by atoms with Crippen LogP contribution in [0.15, 0.2) is 0 Å². The Morgan fingerprint density at radius 2 is 1.90 bits per heavy atom. The first-order valence-corrected chi connectivity index (χ1v) is 11.2. The van der Waals surface area contributed by atoms with E-state index >= 15 is 0 Å². The molecule has 0 radical (unpaired) electrons. The smallest absolute Gasteiger partial charge is 0.410 e. The van der Waals surface area contributed by atoms with Crippen molar-refractivity contribution in [2.75, 3.05) is 59.7 Å². The first-order valence-electron chi connectivity index (χ1n) is 10.8. The van der Waals surface area contributed by atoms with Crippen molar-refractivity contribution in [1.29, 1.82) is 0 Å². The standard InChI is InChI=1S/C20H36ClN3O7/c1-20(2,3)31-19(25)23(6-5-22-7-10-29-11-8-22)9-12-30-17-14-18(28-4)16(24(26)27)13-15(17)21/h15-18H,5-14H2,1-4H3. The third-order valence-corrected chi connectivity index (χ3v) is 5.93. The van der Waals surface area contributed by atoms with Gasteiger partial charge < -0.3 is 23.8 Å². The van der Waals surface area contributed by atoms with Gasteiger partial charge in [-0.25, -0.2) is 4.79 Å². The fourth-order valence-corrected chi connectivity index (χ4v) is 4.10. The van der Waals surface area contributed by atoms with Crippen LogP contribution in [0.4, 0.5) is 4.79 Å². The van der Waals surface area contributed by atoms with Crippen molar-refractivity contribution >= 4 is 17.7 Å². The second-order valence-corrected chi connectivity index (χ2v) is 9.51. The summed E-state index contributed by atoms with van der Waals surface area (Å²) in [5, 5.41) is 10.7. The van der Waals surface area contributed by atoms with Crippen molar-refractivity contribution in [3.05, 3.63) is 10.1 Å². The van der Waals surface area contributed by atoms with Gasteiger partial charge in [0.15, 0.2) is 0 Å². The van der Waals surface area contributed by atoms with E-state index in [0.29, 0.717) is 32.7 Å². The summed E-state index contributed by atoms with van der Waals surface area (Å²) in [6.45, 7) is 10.4. The molecule has 4 unspecified atom stereocenters. The van der Waals surface area contributed by atoms with E-state index in [1.54, 1.807) is 4.90 Å². The van der Waals surface area contributed by atoms with Crippen LogP contribution in [0.1, 0.15) is 33.6 Å². The Bertz CT molecular complexity index is 584. The molecule has 1 heterocycles. The lowest BCUT2D eigenvalue weighted by molar-refractivity contribution is -0.539. The third-order valence-electron chi connectivity index (χ3n) is 5.47. The molecule has 2 fully saturated rings. The van der Waals surface area contributed by atoms with E-state index in [9.17, 15) is 14.9 Å². The number of morpholine rings is 1. The number of methoxy groups -OCH3 is 1. The molecule has 2 aliphatic rings. The van der Waals surface area contributed by atoms with Crippen LogP contribution in [-0.2, 0) is 18.9 Å². The molecule has 0 aromatic rings. The van der Waals surface area contributed by atoms with E-state index < -0.39 is 29.2 Å². The minimum atomic E-state index is -0.834. The summed E-state index contributed by atoms with van der Waals surface area (Å²) in [5.74, 6) is 0. The molecule has 11 heteroatoms. The zero-order chi connectivity index (χ0) is 23.0. The van der Waals surface area contributed by atoms with Gasteiger partial charge in [-0.1, -0.05) is 0 Å². The number of amides is 1. The molecule has 0 spiro atoms. The number of hydrogen-bond donors (Lipinski definition) is 0. The molecule has 1 aliphatic heterocycles. The normalized spacial score (nSPS) is 27.6. The first kappa shape index (κ1) is 26.1. The van der Waals surface area contributed by atoms with Gasteiger partial charge in [-0.15, -0.1) is 11.6 Å². The topological polar surface area (TPSA) is 104 Å². The quantitative estimate of drug-likeness (QED) is 0.289. The predicted molar refractivity (Wildman–Crippen MR) is 115 cm³/mol. The minimum Gasteiger partial charge on any atom is -0.444 e. The fourth-order valence-electron chi connectivity index (χ4n) is 3.74. The highest BCUT2D eigenvalue weighted by molar-refractivity contribution is 6.21. The lowest BCUT2D eigenvalue weighted by Gasteiger charge is -2.35. The van der Waals surface area contributed by atoms with Crippen molar-refractivity contribution in [3.8, 4) is 0 Å². The number of alkyl halides is 1. The van der Waals surface area contributed by atoms with Crippen molar-refractivity contribution in [1.82, 2.24) is 9.80 Å². The number of carbonyl (C=O) groups is 1. The lowest BCUT2D eigenvalue weighted by atomic mass is 9.90. The largest absolute Gasteiger partial charge is 0.444 e. The molecule has 1 aliphatic carbocycles. The Morgan fingerprint density at radius 1 is 1.23 bits per heavy atom. The van der Waals surface area contributed by atoms with E-state index in [2.05, 4.69) is 4.90 Å². The summed E-state index contributed by atoms with van der Waals surface area (Å²) in [7, 11) is 1.46. The Hall–Kier alpha value is -1.20. The van der Waals surface area contributed by atoms with Crippen LogP contribution >= 0.6 is 11.6 Å². The zero-order valence-corrected chi connectivity index (χ0v) is 19.7. The summed E-state index contributed by atoms with van der Waals surface area (Å²) < 4.78 is 22.1. The average Bonchev–Trinajstić information content (AvgIpc) is 2.70. The summed E-state index contributed by atoms with van der Waals surface area (Å²) in [6.07, 6.45) is -0.777. The van der Waals surface area contributed by atoms with Gasteiger partial charge in [-0.3, -0.25) is 15.0 Å². The highest BCUT2D eigenvalue weighted by Crippen LogP contribution is 2.29. The molecule has 4 atom stereocenters. The Balaban J connectivity index is 1.89. The number of nitro groups is 1. The van der Waals surface area contributed by atoms with Crippen molar-refractivity contribution in [3.63, 3.8) is 0 Å². The predicted octanol–water partition coefficient (Wildman–Crippen LogP) is 2.00. The molecular weight excluding hydrogens is 430 g/mol. The minimum absolute atomic E-state index is 0.185. The van der Waals surface area contributed by atoms with Gasteiger partial charge in [0.25, 0.3) is 0 Å². The van der Waals surface area contributed by atoms with Crippen LogP contribution < -0.4 is 0 Å². The molecule has 0 aromatic carbocycles. The molecule has 180 valence electrons. The Labute approximate surface area is 189 Å². The van der Waals surface area contributed by atoms with Crippen LogP contribution in [0.25, 0.3) is 0 Å². The summed E-state index contributed by atoms with van der Waals surface area (Å²) in [5.41, 5.74) is -0.594. The third kappa shape index (κ3) is 8.69. The van der Waals surface area contributed by atoms with Crippen LogP contribution in [-0.4, -0.2) is 110 Å². The number of hydrogen-bond acceptors (Lipinski definition) is 8. The number of nitrogens with zero attached hydrogens (tertiary/aromatic N) is 3. The molecule has 1 saturated heterocycles. The van der Waals surface area contributed by atoms with Gasteiger partial charge in [-0.05, 0) is 20.8 Å². The molecule has 1 saturated carbocycles. The van der Waals surface area contributed by atoms with Gasteiger partial charge in [-0.2, -0.15) is 0 Å². The van der Waals surface area contributed by atoms with E-state index in [1.165, 1.54) is 7.11 Å². The van der Waals surface area contributed by atoms with Gasteiger partial charge in [0, 0.05) is 57.6 Å². The molecule has 0 bridgehead atoms. The van der Waals surface area contributed by atoms with Crippen molar-refractivity contribution < 1.29 is 28.7 Å². The highest BCUT2D eigenvalue weighted by Gasteiger charge is 2.43. The van der Waals surface area contributed by atoms with E-state index in [-0.39, 0.29) is 24.1 Å². The molecule has 10 nitrogen and oxygen atoms in total. The zero-order valence-electron chi connectivity index (χ0n) is 19.0. The van der Waals surface area contributed by atoms with Crippen LogP contribution in [0.2, 0.25) is 0 Å². The number of carbonyl (C=O) groups excluding carboxylic acids is 1. The number of ether oxygens (including phenoxy) is 4. The number of halogens is 1. The molecule has 2 rings (SSSR count). The van der Waals surface area contributed by atoms with Crippen LogP contribution in [0.5, 0.6) is 0 Å². The summed E-state index contributed by atoms with van der Waals surface area (Å²) in [6, 6.07) is -0.834. The molecule has 0 N–H and O–H groups in total. The number of rotatable bonds is 9. The van der Waals surface area contributed by atoms with Gasteiger partial charge in [0.1, 0.15) is 11.7 Å². The van der Waals surface area contributed by atoms with E-state index in [1.807, 2.05) is 20.8 Å². The molecule has 1 amide bonds. The van der Waals surface area contributed by atoms with Crippen LogP contribution in [0, 0.1) is 10.1 Å². The van der Waals surface area contributed by atoms with Crippen LogP contribution in [0.3, 0.4) is 0 Å². The Kier molecular flexibility index (Phi) is 10.2. The van der Waals surface area contributed by atoms with Gasteiger partial charge >= 0.3 is 6.09 Å². The fraction of sp³-hybridized carbons (Fsp3) is 0.950. The molecular formula is C20H36ClN3O7. The van der Waals surface area contributed by atoms with E-state index in [0.717, 1.165) is 19.6 Å². The van der Waals surface area contributed by atoms with E-state index in [4.69, 9.17) is 30.5 Å². The second kappa shape index (κ2) is 12.2. The highest BCUT2D eigenvalue weighted by atomic mass is 35.5. The maximum Gasteiger partial charge on any atom is 0.410 e. The molecule has 0 aromatic heterocycles. The van der Waals surface area contributed by atoms with Gasteiger partial charge in [0.2, 0.25) is 6.04 Å². The SMILES string of the molecule is COC1CC(OCCN(CCN2CCOCC2)C(=O)OC(C)(C)C)C(Cl)CC1[N+](=O)[O-]. The average molecular weight is 466 g/mol. The van der Waals surface area contributed by atoms with Crippen molar-refractivity contribution in [2.45, 2.75) is 62.8 Å². The second-order valence-electron chi connectivity index (χ2n) is 8.94. The molecule has 31 heavy (non-hydrogen) atoms. The first-order chi connectivity index (χ1) is 14.6. The summed E-state index contributed by atoms with van der Waals surface area (Å²) in [4.78, 5) is 27.5. The lowest BCUT2D eigenvalue weighted by Crippen LogP contribution is -2.49. The maximum absolute atomic E-state index is 12.7. The maximum atomic E-state index is 12.7. The monoisotopic (exact) mass is 465 g/mol. The van der Waals surface area contributed by atoms with Gasteiger partial charge in [0.05, 0.1) is 31.3 Å². The van der Waals surface area contributed by atoms with Crippen molar-refractivity contribution in [2.24, 2.45) is 0 Å². The Morgan fingerprint density at radius 3 is 2.48 bits per heavy atom. The summed E-state index contributed by atoms with van der Waals surface area (Å²) >= 11 is 6.36.